The normalized spacial score (nSPS) is 17.0. The van der Waals surface area contributed by atoms with E-state index in [9.17, 15) is 24.9 Å². The molecule has 1 unspecified atom stereocenters. The standard InChI is InChI=1S/C17H27NO4.C13H12Cl2O4/c1-17(2,3)18-9-12(19)10-22-16-6-4-5-11-7-14(20)15(21)8-13(11)16;1-3-7(2)13(18)8-4-5-9(12(15)11(8)14)19-6-10(16)17/h4-6,12,14-15,18-21H,7-10H2,1-3H3;4-5H,2-3,6H2,1H3,(H,16,17)/t12?,14-,15+;/m1./s1. The lowest BCUT2D eigenvalue weighted by atomic mass is 9.87. The van der Waals surface area contributed by atoms with E-state index in [1.807, 2.05) is 39.0 Å². The molecule has 0 radical (unpaired) electrons. The van der Waals surface area contributed by atoms with Gasteiger partial charge in [-0.05, 0) is 56.5 Å². The summed E-state index contributed by atoms with van der Waals surface area (Å²) in [5.41, 5.74) is 2.51. The second-order valence-corrected chi connectivity index (χ2v) is 11.5. The van der Waals surface area contributed by atoms with Gasteiger partial charge in [0.25, 0.3) is 0 Å². The van der Waals surface area contributed by atoms with Gasteiger partial charge in [0.05, 0.1) is 17.2 Å². The Balaban J connectivity index is 0.000000290. The fourth-order valence-corrected chi connectivity index (χ4v) is 4.32. The van der Waals surface area contributed by atoms with Crippen LogP contribution in [0, 0.1) is 0 Å². The van der Waals surface area contributed by atoms with Gasteiger partial charge in [-0.2, -0.15) is 0 Å². The molecule has 0 spiro atoms. The van der Waals surface area contributed by atoms with Crippen molar-refractivity contribution in [1.29, 1.82) is 0 Å². The van der Waals surface area contributed by atoms with E-state index in [0.29, 0.717) is 37.1 Å². The molecule has 9 nitrogen and oxygen atoms in total. The summed E-state index contributed by atoms with van der Waals surface area (Å²) in [4.78, 5) is 22.4. The minimum atomic E-state index is -1.13. The summed E-state index contributed by atoms with van der Waals surface area (Å²) in [5.74, 6) is -0.628. The zero-order valence-electron chi connectivity index (χ0n) is 23.7. The average molecular weight is 613 g/mol. The molecule has 0 fully saturated rings. The number of aliphatic hydroxyl groups is 3. The van der Waals surface area contributed by atoms with Crippen molar-refractivity contribution in [2.24, 2.45) is 0 Å². The number of aliphatic hydroxyl groups excluding tert-OH is 3. The van der Waals surface area contributed by atoms with Gasteiger partial charge >= 0.3 is 5.97 Å². The SMILES string of the molecule is C=C(CC)C(=O)c1ccc(OCC(=O)O)c(Cl)c1Cl.CC(C)(C)NCC(O)COc1cccc2c1C[C@H](O)[C@H](O)C2. The molecule has 0 bridgehead atoms. The van der Waals surface area contributed by atoms with Crippen LogP contribution in [-0.2, 0) is 17.6 Å². The van der Waals surface area contributed by atoms with Crippen molar-refractivity contribution in [2.75, 3.05) is 19.8 Å². The Morgan fingerprint density at radius 1 is 1.05 bits per heavy atom. The Bertz CT molecular complexity index is 1230. The number of carboxylic acids is 1. The van der Waals surface area contributed by atoms with Crippen LogP contribution in [0.3, 0.4) is 0 Å². The average Bonchev–Trinajstić information content (AvgIpc) is 2.91. The van der Waals surface area contributed by atoms with Crippen molar-refractivity contribution in [2.45, 2.75) is 70.8 Å². The Hall–Kier alpha value is -2.66. The minimum Gasteiger partial charge on any atom is -0.491 e. The van der Waals surface area contributed by atoms with Crippen LogP contribution in [0.2, 0.25) is 10.0 Å². The zero-order chi connectivity index (χ0) is 30.9. The van der Waals surface area contributed by atoms with E-state index in [2.05, 4.69) is 11.9 Å². The summed E-state index contributed by atoms with van der Waals surface area (Å²) in [6.07, 6.45) is -0.766. The molecule has 0 saturated carbocycles. The van der Waals surface area contributed by atoms with Crippen LogP contribution < -0.4 is 14.8 Å². The van der Waals surface area contributed by atoms with Crippen LogP contribution in [0.1, 0.15) is 55.6 Å². The van der Waals surface area contributed by atoms with E-state index in [4.69, 9.17) is 37.8 Å². The molecule has 226 valence electrons. The smallest absolute Gasteiger partial charge is 0.341 e. The van der Waals surface area contributed by atoms with E-state index in [1.165, 1.54) is 12.1 Å². The van der Waals surface area contributed by atoms with Gasteiger partial charge < -0.3 is 35.2 Å². The number of fused-ring (bicyclic) bond motifs is 1. The third-order valence-corrected chi connectivity index (χ3v) is 7.07. The van der Waals surface area contributed by atoms with Crippen molar-refractivity contribution in [1.82, 2.24) is 5.32 Å². The first-order chi connectivity index (χ1) is 19.1. The number of carbonyl (C=O) groups is 2. The molecule has 11 heteroatoms. The number of ketones is 1. The molecule has 0 heterocycles. The highest BCUT2D eigenvalue weighted by molar-refractivity contribution is 6.45. The highest BCUT2D eigenvalue weighted by Crippen LogP contribution is 2.36. The second kappa shape index (κ2) is 15.5. The molecule has 1 aliphatic rings. The topological polar surface area (TPSA) is 146 Å². The van der Waals surface area contributed by atoms with Crippen molar-refractivity contribution < 1.29 is 39.5 Å². The van der Waals surface area contributed by atoms with Crippen LogP contribution in [0.5, 0.6) is 11.5 Å². The number of allylic oxidation sites excluding steroid dienone is 1. The zero-order valence-corrected chi connectivity index (χ0v) is 25.3. The fraction of sp³-hybridized carbons (Fsp3) is 0.467. The summed E-state index contributed by atoms with van der Waals surface area (Å²) < 4.78 is 10.7. The molecule has 5 N–H and O–H groups in total. The summed E-state index contributed by atoms with van der Waals surface area (Å²) in [6.45, 7) is 11.7. The number of benzene rings is 2. The maximum absolute atomic E-state index is 11.9. The number of nitrogens with one attached hydrogen (secondary N) is 1. The first-order valence-electron chi connectivity index (χ1n) is 13.2. The van der Waals surface area contributed by atoms with Crippen molar-refractivity contribution >= 4 is 35.0 Å². The molecule has 0 aromatic heterocycles. The molecule has 3 atom stereocenters. The predicted molar refractivity (Wildman–Crippen MR) is 158 cm³/mol. The minimum absolute atomic E-state index is 0.0117. The van der Waals surface area contributed by atoms with Gasteiger partial charge in [0.15, 0.2) is 12.4 Å². The molecule has 0 amide bonds. The van der Waals surface area contributed by atoms with E-state index in [1.54, 1.807) is 6.92 Å². The molecule has 2 aromatic carbocycles. The first kappa shape index (κ1) is 34.5. The number of carbonyl (C=O) groups excluding carboxylic acids is 1. The van der Waals surface area contributed by atoms with Gasteiger partial charge in [-0.25, -0.2) is 4.79 Å². The quantitative estimate of drug-likeness (QED) is 0.186. The molecule has 2 aromatic rings. The number of hydrogen-bond donors (Lipinski definition) is 5. The molecule has 1 aliphatic carbocycles. The lowest BCUT2D eigenvalue weighted by Crippen LogP contribution is -2.42. The summed E-state index contributed by atoms with van der Waals surface area (Å²) in [5, 5.41) is 41.4. The van der Waals surface area contributed by atoms with Gasteiger partial charge in [0.2, 0.25) is 0 Å². The van der Waals surface area contributed by atoms with Crippen LogP contribution >= 0.6 is 23.2 Å². The Kier molecular flexibility index (Phi) is 13.1. The van der Waals surface area contributed by atoms with Gasteiger partial charge in [0.1, 0.15) is 29.2 Å². The molecule has 0 saturated heterocycles. The monoisotopic (exact) mass is 611 g/mol. The first-order valence-corrected chi connectivity index (χ1v) is 14.0. The van der Waals surface area contributed by atoms with Crippen LogP contribution in [0.15, 0.2) is 42.5 Å². The fourth-order valence-electron chi connectivity index (χ4n) is 3.85. The largest absolute Gasteiger partial charge is 0.491 e. The number of β-amino-alcohol motifs (C(OH)–C–C–N with tert-alkyl or cyclic N) is 1. The Morgan fingerprint density at radius 2 is 1.71 bits per heavy atom. The van der Waals surface area contributed by atoms with Gasteiger partial charge in [-0.3, -0.25) is 4.79 Å². The third kappa shape index (κ3) is 10.6. The van der Waals surface area contributed by atoms with E-state index < -0.39 is 30.9 Å². The predicted octanol–water partition coefficient (Wildman–Crippen LogP) is 4.24. The van der Waals surface area contributed by atoms with Crippen LogP contribution in [-0.4, -0.2) is 75.8 Å². The van der Waals surface area contributed by atoms with E-state index in [0.717, 1.165) is 11.1 Å². The molecular formula is C30H39Cl2NO8. The second-order valence-electron chi connectivity index (χ2n) is 10.7. The van der Waals surface area contributed by atoms with Crippen LogP contribution in [0.25, 0.3) is 0 Å². The van der Waals surface area contributed by atoms with E-state index >= 15 is 0 Å². The van der Waals surface area contributed by atoms with Gasteiger partial charge in [0, 0.05) is 36.1 Å². The maximum atomic E-state index is 11.9. The van der Waals surface area contributed by atoms with Crippen molar-refractivity contribution in [3.05, 3.63) is 69.2 Å². The number of aliphatic carboxylic acids is 1. The lowest BCUT2D eigenvalue weighted by Gasteiger charge is -2.28. The number of rotatable bonds is 11. The Labute approximate surface area is 250 Å². The number of carboxylic acid groups (broad SMARTS) is 1. The highest BCUT2D eigenvalue weighted by Gasteiger charge is 2.27. The summed E-state index contributed by atoms with van der Waals surface area (Å²) in [6, 6.07) is 8.50. The maximum Gasteiger partial charge on any atom is 0.341 e. The molecule has 3 rings (SSSR count). The van der Waals surface area contributed by atoms with Crippen LogP contribution in [0.4, 0.5) is 0 Å². The van der Waals surface area contributed by atoms with Crippen molar-refractivity contribution in [3.63, 3.8) is 0 Å². The van der Waals surface area contributed by atoms with E-state index in [-0.39, 0.29) is 39.3 Å². The molecule has 0 aliphatic heterocycles. The van der Waals surface area contributed by atoms with Gasteiger partial charge in [-0.1, -0.05) is 48.8 Å². The summed E-state index contributed by atoms with van der Waals surface area (Å²) in [7, 11) is 0. The third-order valence-electron chi connectivity index (χ3n) is 6.21. The molecule has 41 heavy (non-hydrogen) atoms. The molecular weight excluding hydrogens is 573 g/mol. The number of Topliss-reactive ketones (excluding diaryl/α,β-unsaturated/α-hetero) is 1. The lowest BCUT2D eigenvalue weighted by molar-refractivity contribution is -0.139. The summed E-state index contributed by atoms with van der Waals surface area (Å²) >= 11 is 11.9. The number of halogens is 2. The number of ether oxygens (including phenoxy) is 2. The van der Waals surface area contributed by atoms with Gasteiger partial charge in [-0.15, -0.1) is 0 Å². The van der Waals surface area contributed by atoms with Crippen molar-refractivity contribution in [3.8, 4) is 11.5 Å². The number of hydrogen-bond acceptors (Lipinski definition) is 8. The Morgan fingerprint density at radius 3 is 2.32 bits per heavy atom. The highest BCUT2D eigenvalue weighted by atomic mass is 35.5.